The number of nitrogen functional groups attached to an aromatic ring is 1. The molecule has 1 aromatic rings. The maximum absolute atomic E-state index is 12.7. The molecule has 6 heteroatoms. The van der Waals surface area contributed by atoms with E-state index in [1.807, 2.05) is 11.8 Å². The molecule has 20 heavy (non-hydrogen) atoms. The standard InChI is InChI=1S/C14H24N4OS/c1-3-10-8-6-5-7-9-18(10)13(19)11-12(15)17-14(20-11)16-4-2/h10H,3-9,15H2,1-2H3,(H,16,17). The van der Waals surface area contributed by atoms with E-state index in [0.717, 1.165) is 37.5 Å². The van der Waals surface area contributed by atoms with Gasteiger partial charge in [0.1, 0.15) is 10.7 Å². The van der Waals surface area contributed by atoms with Crippen molar-refractivity contribution in [3.8, 4) is 0 Å². The van der Waals surface area contributed by atoms with E-state index in [2.05, 4.69) is 17.2 Å². The number of nitrogens with one attached hydrogen (secondary N) is 1. The summed E-state index contributed by atoms with van der Waals surface area (Å²) in [5, 5.41) is 3.85. The molecule has 0 saturated carbocycles. The van der Waals surface area contributed by atoms with Crippen molar-refractivity contribution in [3.05, 3.63) is 4.88 Å². The summed E-state index contributed by atoms with van der Waals surface area (Å²) in [5.74, 6) is 0.410. The van der Waals surface area contributed by atoms with E-state index < -0.39 is 0 Å². The van der Waals surface area contributed by atoms with Crippen LogP contribution in [-0.2, 0) is 0 Å². The molecule has 0 radical (unpaired) electrons. The number of aromatic nitrogens is 1. The highest BCUT2D eigenvalue weighted by Gasteiger charge is 2.28. The molecule has 0 spiro atoms. The SMILES string of the molecule is CCNc1nc(N)c(C(=O)N2CCCCCC2CC)s1. The van der Waals surface area contributed by atoms with Gasteiger partial charge in [-0.15, -0.1) is 0 Å². The van der Waals surface area contributed by atoms with E-state index in [4.69, 9.17) is 5.73 Å². The summed E-state index contributed by atoms with van der Waals surface area (Å²) in [5.41, 5.74) is 5.92. The molecule has 1 aromatic heterocycles. The first-order chi connectivity index (χ1) is 9.67. The minimum absolute atomic E-state index is 0.0536. The largest absolute Gasteiger partial charge is 0.382 e. The minimum atomic E-state index is 0.0536. The second-order valence-corrected chi connectivity index (χ2v) is 6.17. The monoisotopic (exact) mass is 296 g/mol. The molecule has 112 valence electrons. The van der Waals surface area contributed by atoms with Gasteiger partial charge in [0.25, 0.3) is 5.91 Å². The molecule has 0 bridgehead atoms. The number of nitrogens with two attached hydrogens (primary N) is 1. The molecule has 0 aromatic carbocycles. The Kier molecular flexibility index (Phi) is 5.23. The smallest absolute Gasteiger partial charge is 0.268 e. The zero-order chi connectivity index (χ0) is 14.5. The van der Waals surface area contributed by atoms with Crippen LogP contribution in [0.1, 0.15) is 55.6 Å². The Morgan fingerprint density at radius 1 is 1.45 bits per heavy atom. The van der Waals surface area contributed by atoms with Crippen molar-refractivity contribution < 1.29 is 4.79 Å². The summed E-state index contributed by atoms with van der Waals surface area (Å²) < 4.78 is 0. The van der Waals surface area contributed by atoms with Crippen molar-refractivity contribution in [2.45, 2.75) is 52.0 Å². The predicted octanol–water partition coefficient (Wildman–Crippen LogP) is 2.95. The molecular formula is C14H24N4OS. The van der Waals surface area contributed by atoms with Gasteiger partial charge in [-0.2, -0.15) is 0 Å². The van der Waals surface area contributed by atoms with E-state index in [1.165, 1.54) is 24.2 Å². The zero-order valence-corrected chi connectivity index (χ0v) is 13.1. The van der Waals surface area contributed by atoms with Crippen LogP contribution < -0.4 is 11.1 Å². The second-order valence-electron chi connectivity index (χ2n) is 5.17. The Balaban J connectivity index is 2.19. The van der Waals surface area contributed by atoms with Crippen LogP contribution in [0, 0.1) is 0 Å². The van der Waals surface area contributed by atoms with Gasteiger partial charge in [-0.05, 0) is 26.2 Å². The molecule has 0 aliphatic carbocycles. The maximum atomic E-state index is 12.7. The van der Waals surface area contributed by atoms with Crippen LogP contribution in [0.15, 0.2) is 0 Å². The number of likely N-dealkylation sites (tertiary alicyclic amines) is 1. The summed E-state index contributed by atoms with van der Waals surface area (Å²) in [7, 11) is 0. The first kappa shape index (κ1) is 15.1. The first-order valence-electron chi connectivity index (χ1n) is 7.48. The van der Waals surface area contributed by atoms with Gasteiger partial charge >= 0.3 is 0 Å². The fourth-order valence-corrected chi connectivity index (χ4v) is 3.62. The third-order valence-electron chi connectivity index (χ3n) is 3.78. The maximum Gasteiger partial charge on any atom is 0.268 e. The van der Waals surface area contributed by atoms with Crippen LogP contribution >= 0.6 is 11.3 Å². The van der Waals surface area contributed by atoms with Gasteiger partial charge in [-0.1, -0.05) is 31.1 Å². The summed E-state index contributed by atoms with van der Waals surface area (Å²) >= 11 is 1.37. The van der Waals surface area contributed by atoms with Crippen molar-refractivity contribution in [1.29, 1.82) is 0 Å². The second kappa shape index (κ2) is 6.92. The fourth-order valence-electron chi connectivity index (χ4n) is 2.71. The lowest BCUT2D eigenvalue weighted by molar-refractivity contribution is 0.0684. The van der Waals surface area contributed by atoms with E-state index in [9.17, 15) is 4.79 Å². The molecular weight excluding hydrogens is 272 g/mol. The van der Waals surface area contributed by atoms with Crippen LogP contribution in [-0.4, -0.2) is 34.9 Å². The number of anilines is 2. The van der Waals surface area contributed by atoms with Gasteiger partial charge in [0.05, 0.1) is 0 Å². The third-order valence-corrected chi connectivity index (χ3v) is 4.80. The van der Waals surface area contributed by atoms with E-state index in [0.29, 0.717) is 16.7 Å². The number of carbonyl (C=O) groups excluding carboxylic acids is 1. The van der Waals surface area contributed by atoms with Crippen molar-refractivity contribution in [3.63, 3.8) is 0 Å². The molecule has 1 atom stereocenters. The lowest BCUT2D eigenvalue weighted by Crippen LogP contribution is -2.39. The van der Waals surface area contributed by atoms with Crippen molar-refractivity contribution >= 4 is 28.2 Å². The highest BCUT2D eigenvalue weighted by molar-refractivity contribution is 7.18. The Morgan fingerprint density at radius 3 is 2.95 bits per heavy atom. The van der Waals surface area contributed by atoms with E-state index in [1.54, 1.807) is 0 Å². The summed E-state index contributed by atoms with van der Waals surface area (Å²) in [6, 6.07) is 0.342. The number of thiazole rings is 1. The number of rotatable bonds is 4. The Morgan fingerprint density at radius 2 is 2.25 bits per heavy atom. The Hall–Kier alpha value is -1.30. The lowest BCUT2D eigenvalue weighted by atomic mass is 10.1. The van der Waals surface area contributed by atoms with Gasteiger partial charge in [0, 0.05) is 19.1 Å². The van der Waals surface area contributed by atoms with Crippen LogP contribution in [0.5, 0.6) is 0 Å². The zero-order valence-electron chi connectivity index (χ0n) is 12.3. The van der Waals surface area contributed by atoms with Gasteiger partial charge in [0.2, 0.25) is 0 Å². The minimum Gasteiger partial charge on any atom is -0.382 e. The molecule has 5 nitrogen and oxygen atoms in total. The third kappa shape index (κ3) is 3.23. The Bertz CT molecular complexity index is 460. The molecule has 1 aliphatic rings. The molecule has 2 heterocycles. The van der Waals surface area contributed by atoms with Gasteiger partial charge in [-0.3, -0.25) is 4.79 Å². The summed E-state index contributed by atoms with van der Waals surface area (Å²) in [6.45, 7) is 5.77. The predicted molar refractivity (Wildman–Crippen MR) is 84.3 cm³/mol. The van der Waals surface area contributed by atoms with Crippen LogP contribution in [0.4, 0.5) is 10.9 Å². The van der Waals surface area contributed by atoms with Crippen molar-refractivity contribution in [2.75, 3.05) is 24.1 Å². The fraction of sp³-hybridized carbons (Fsp3) is 0.714. The number of hydrogen-bond donors (Lipinski definition) is 2. The van der Waals surface area contributed by atoms with Gasteiger partial charge in [-0.25, -0.2) is 4.98 Å². The average molecular weight is 296 g/mol. The van der Waals surface area contributed by atoms with Crippen LogP contribution in [0.2, 0.25) is 0 Å². The topological polar surface area (TPSA) is 71.2 Å². The van der Waals surface area contributed by atoms with Crippen LogP contribution in [0.25, 0.3) is 0 Å². The summed E-state index contributed by atoms with van der Waals surface area (Å²) in [6.07, 6.45) is 5.61. The number of hydrogen-bond acceptors (Lipinski definition) is 5. The molecule has 1 fully saturated rings. The van der Waals surface area contributed by atoms with Crippen molar-refractivity contribution in [1.82, 2.24) is 9.88 Å². The quantitative estimate of drug-likeness (QED) is 0.896. The lowest BCUT2D eigenvalue weighted by Gasteiger charge is -2.28. The number of carbonyl (C=O) groups is 1. The number of amides is 1. The molecule has 1 aliphatic heterocycles. The van der Waals surface area contributed by atoms with Gasteiger partial charge < -0.3 is 16.0 Å². The molecule has 1 amide bonds. The first-order valence-corrected chi connectivity index (χ1v) is 8.30. The highest BCUT2D eigenvalue weighted by atomic mass is 32.1. The summed E-state index contributed by atoms with van der Waals surface area (Å²) in [4.78, 5) is 19.6. The normalized spacial score (nSPS) is 19.7. The van der Waals surface area contributed by atoms with Gasteiger partial charge in [0.15, 0.2) is 5.13 Å². The number of nitrogens with zero attached hydrogens (tertiary/aromatic N) is 2. The van der Waals surface area contributed by atoms with Crippen molar-refractivity contribution in [2.24, 2.45) is 0 Å². The molecule has 1 unspecified atom stereocenters. The van der Waals surface area contributed by atoms with Crippen LogP contribution in [0.3, 0.4) is 0 Å². The molecule has 1 saturated heterocycles. The Labute approximate surface area is 124 Å². The highest BCUT2D eigenvalue weighted by Crippen LogP contribution is 2.29. The molecule has 3 N–H and O–H groups in total. The molecule has 2 rings (SSSR count). The average Bonchev–Trinajstić information content (AvgIpc) is 2.66. The van der Waals surface area contributed by atoms with E-state index >= 15 is 0 Å². The van der Waals surface area contributed by atoms with E-state index in [-0.39, 0.29) is 5.91 Å².